The van der Waals surface area contributed by atoms with Crippen LogP contribution in [0.4, 0.5) is 21.9 Å². The maximum Gasteiger partial charge on any atom is 0.413 e. The first-order valence-electron chi connectivity index (χ1n) is 8.07. The number of ether oxygens (including phenoxy) is 1. The van der Waals surface area contributed by atoms with Crippen molar-refractivity contribution in [2.45, 2.75) is 25.7 Å². The van der Waals surface area contributed by atoms with E-state index in [0.29, 0.717) is 24.0 Å². The highest BCUT2D eigenvalue weighted by atomic mass is 16.6. The number of hydrogen-bond acceptors (Lipinski definition) is 6. The van der Waals surface area contributed by atoms with Crippen molar-refractivity contribution in [2.75, 3.05) is 24.0 Å². The van der Waals surface area contributed by atoms with E-state index in [1.54, 1.807) is 0 Å². The molecule has 1 aromatic carbocycles. The second kappa shape index (κ2) is 6.58. The van der Waals surface area contributed by atoms with Gasteiger partial charge in [0.15, 0.2) is 0 Å². The third-order valence-corrected chi connectivity index (χ3v) is 4.61. The van der Waals surface area contributed by atoms with Gasteiger partial charge < -0.3 is 4.74 Å². The average molecular weight is 359 g/mol. The first-order valence-corrected chi connectivity index (χ1v) is 8.07. The van der Waals surface area contributed by atoms with Gasteiger partial charge in [0.2, 0.25) is 0 Å². The number of benzene rings is 1. The molecule has 0 atom stereocenters. The van der Waals surface area contributed by atoms with Crippen LogP contribution in [-0.4, -0.2) is 37.0 Å². The SMILES string of the molecule is COC(=O)N(C)c1ccc(N2C(=O)C3=C(CCCC3)C2=O)cc1[N+](=O)[O-]. The summed E-state index contributed by atoms with van der Waals surface area (Å²) in [6.45, 7) is 0. The highest BCUT2D eigenvalue weighted by Gasteiger charge is 2.40. The Labute approximate surface area is 149 Å². The molecule has 3 amide bonds. The van der Waals surface area contributed by atoms with Crippen molar-refractivity contribution in [2.24, 2.45) is 0 Å². The van der Waals surface area contributed by atoms with E-state index in [1.807, 2.05) is 0 Å². The number of hydrogen-bond donors (Lipinski definition) is 0. The third kappa shape index (κ3) is 2.71. The van der Waals surface area contributed by atoms with Gasteiger partial charge in [0, 0.05) is 24.3 Å². The Balaban J connectivity index is 2.01. The second-order valence-electron chi connectivity index (χ2n) is 6.07. The van der Waals surface area contributed by atoms with Crippen LogP contribution in [0.25, 0.3) is 0 Å². The molecular formula is C17H17N3O6. The normalized spacial score (nSPS) is 16.6. The van der Waals surface area contributed by atoms with Crippen LogP contribution in [0.1, 0.15) is 25.7 Å². The number of nitrogens with zero attached hydrogens (tertiary/aromatic N) is 3. The van der Waals surface area contributed by atoms with Gasteiger partial charge in [-0.2, -0.15) is 0 Å². The number of anilines is 2. The fourth-order valence-electron chi connectivity index (χ4n) is 3.29. The molecular weight excluding hydrogens is 342 g/mol. The minimum absolute atomic E-state index is 0.00224. The summed E-state index contributed by atoms with van der Waals surface area (Å²) >= 11 is 0. The summed E-state index contributed by atoms with van der Waals surface area (Å²) in [5, 5.41) is 11.4. The van der Waals surface area contributed by atoms with Crippen LogP contribution in [0.15, 0.2) is 29.3 Å². The molecule has 1 heterocycles. The van der Waals surface area contributed by atoms with Crippen molar-refractivity contribution < 1.29 is 24.0 Å². The maximum absolute atomic E-state index is 12.6. The van der Waals surface area contributed by atoms with Gasteiger partial charge in [-0.25, -0.2) is 9.69 Å². The largest absolute Gasteiger partial charge is 0.452 e. The zero-order chi connectivity index (χ0) is 19.0. The van der Waals surface area contributed by atoms with Gasteiger partial charge in [-0.15, -0.1) is 0 Å². The quantitative estimate of drug-likeness (QED) is 0.466. The Kier molecular flexibility index (Phi) is 4.45. The lowest BCUT2D eigenvalue weighted by Crippen LogP contribution is -2.32. The van der Waals surface area contributed by atoms with Crippen molar-refractivity contribution in [1.29, 1.82) is 0 Å². The molecule has 136 valence electrons. The molecule has 0 unspecified atom stereocenters. The molecule has 1 aromatic rings. The van der Waals surface area contributed by atoms with E-state index in [4.69, 9.17) is 0 Å². The summed E-state index contributed by atoms with van der Waals surface area (Å²) in [7, 11) is 2.50. The average Bonchev–Trinajstić information content (AvgIpc) is 2.91. The van der Waals surface area contributed by atoms with Gasteiger partial charge in [-0.3, -0.25) is 24.6 Å². The van der Waals surface area contributed by atoms with Crippen LogP contribution in [0.3, 0.4) is 0 Å². The van der Waals surface area contributed by atoms with Crippen LogP contribution in [0.5, 0.6) is 0 Å². The second-order valence-corrected chi connectivity index (χ2v) is 6.07. The Morgan fingerprint density at radius 2 is 1.77 bits per heavy atom. The Morgan fingerprint density at radius 3 is 2.27 bits per heavy atom. The summed E-state index contributed by atoms with van der Waals surface area (Å²) in [5.41, 5.74) is 0.714. The fourth-order valence-corrected chi connectivity index (χ4v) is 3.29. The topological polar surface area (TPSA) is 110 Å². The molecule has 0 N–H and O–H groups in total. The standard InChI is InChI=1S/C17H17N3O6/c1-18(17(23)26-2)13-8-7-10(9-14(13)20(24)25)19-15(21)11-5-3-4-6-12(11)16(19)22/h7-9H,3-6H2,1-2H3. The Hall–Kier alpha value is -3.23. The lowest BCUT2D eigenvalue weighted by atomic mass is 9.93. The first-order chi connectivity index (χ1) is 12.4. The third-order valence-electron chi connectivity index (χ3n) is 4.61. The molecule has 0 fully saturated rings. The smallest absolute Gasteiger partial charge is 0.413 e. The van der Waals surface area contributed by atoms with E-state index in [2.05, 4.69) is 4.74 Å². The first kappa shape index (κ1) is 17.6. The van der Waals surface area contributed by atoms with Crippen molar-refractivity contribution in [3.63, 3.8) is 0 Å². The zero-order valence-corrected chi connectivity index (χ0v) is 14.4. The van der Waals surface area contributed by atoms with E-state index < -0.39 is 28.5 Å². The van der Waals surface area contributed by atoms with Crippen molar-refractivity contribution in [3.05, 3.63) is 39.5 Å². The van der Waals surface area contributed by atoms with Crippen LogP contribution in [-0.2, 0) is 14.3 Å². The molecule has 0 aromatic heterocycles. The molecule has 0 spiro atoms. The van der Waals surface area contributed by atoms with Crippen LogP contribution in [0.2, 0.25) is 0 Å². The number of carbonyl (C=O) groups excluding carboxylic acids is 3. The van der Waals surface area contributed by atoms with Crippen molar-refractivity contribution >= 4 is 35.0 Å². The van der Waals surface area contributed by atoms with Crippen LogP contribution >= 0.6 is 0 Å². The zero-order valence-electron chi connectivity index (χ0n) is 14.4. The predicted molar refractivity (Wildman–Crippen MR) is 91.9 cm³/mol. The summed E-state index contributed by atoms with van der Waals surface area (Å²) in [6.07, 6.45) is 2.00. The number of amides is 3. The summed E-state index contributed by atoms with van der Waals surface area (Å²) in [5.74, 6) is -0.846. The van der Waals surface area contributed by atoms with Gasteiger partial charge in [0.25, 0.3) is 17.5 Å². The van der Waals surface area contributed by atoms with Gasteiger partial charge in [-0.1, -0.05) is 0 Å². The lowest BCUT2D eigenvalue weighted by molar-refractivity contribution is -0.384. The summed E-state index contributed by atoms with van der Waals surface area (Å²) in [6, 6.07) is 3.86. The molecule has 3 rings (SSSR count). The molecule has 0 bridgehead atoms. The number of carbonyl (C=O) groups is 3. The number of nitro groups is 1. The minimum atomic E-state index is -0.772. The minimum Gasteiger partial charge on any atom is -0.452 e. The van der Waals surface area contributed by atoms with Crippen molar-refractivity contribution in [1.82, 2.24) is 0 Å². The van der Waals surface area contributed by atoms with Gasteiger partial charge >= 0.3 is 6.09 Å². The number of imide groups is 1. The summed E-state index contributed by atoms with van der Waals surface area (Å²) < 4.78 is 4.57. The van der Waals surface area contributed by atoms with Gasteiger partial charge in [0.1, 0.15) is 5.69 Å². The Bertz CT molecular complexity index is 832. The molecule has 0 saturated carbocycles. The summed E-state index contributed by atoms with van der Waals surface area (Å²) in [4.78, 5) is 49.6. The van der Waals surface area contributed by atoms with E-state index in [1.165, 1.54) is 19.2 Å². The molecule has 1 aliphatic carbocycles. The van der Waals surface area contributed by atoms with Crippen LogP contribution in [0, 0.1) is 10.1 Å². The van der Waals surface area contributed by atoms with Crippen molar-refractivity contribution in [3.8, 4) is 0 Å². The lowest BCUT2D eigenvalue weighted by Gasteiger charge is -2.19. The van der Waals surface area contributed by atoms with E-state index in [0.717, 1.165) is 35.8 Å². The fraction of sp³-hybridized carbons (Fsp3) is 0.353. The maximum atomic E-state index is 12.6. The van der Waals surface area contributed by atoms with E-state index in [-0.39, 0.29) is 11.4 Å². The molecule has 0 radical (unpaired) electrons. The van der Waals surface area contributed by atoms with Crippen LogP contribution < -0.4 is 9.80 Å². The predicted octanol–water partition coefficient (Wildman–Crippen LogP) is 2.54. The highest BCUT2D eigenvalue weighted by Crippen LogP contribution is 2.38. The number of rotatable bonds is 3. The Morgan fingerprint density at radius 1 is 1.19 bits per heavy atom. The molecule has 2 aliphatic rings. The molecule has 0 saturated heterocycles. The number of nitro benzene ring substituents is 1. The number of methoxy groups -OCH3 is 1. The van der Waals surface area contributed by atoms with Gasteiger partial charge in [-0.05, 0) is 37.8 Å². The highest BCUT2D eigenvalue weighted by molar-refractivity contribution is 6.33. The van der Waals surface area contributed by atoms with E-state index in [9.17, 15) is 24.5 Å². The molecule has 26 heavy (non-hydrogen) atoms. The molecule has 1 aliphatic heterocycles. The molecule has 9 nitrogen and oxygen atoms in total. The monoisotopic (exact) mass is 359 g/mol. The van der Waals surface area contributed by atoms with Gasteiger partial charge in [0.05, 0.1) is 17.7 Å². The van der Waals surface area contributed by atoms with E-state index >= 15 is 0 Å². The molecule has 9 heteroatoms.